The average Bonchev–Trinajstić information content (AvgIpc) is 2.87. The SMILES string of the molecule is Cc1noc(C)c1CCC(=O)NNc1c(F)c(F)c(F)c(F)c1F. The number of carbonyl (C=O) groups excluding carboxylic acids is 1. The number of carbonyl (C=O) groups is 1. The highest BCUT2D eigenvalue weighted by Gasteiger charge is 2.26. The zero-order chi connectivity index (χ0) is 18.0. The molecule has 0 spiro atoms. The number of aryl methyl sites for hydroxylation is 2. The lowest BCUT2D eigenvalue weighted by Gasteiger charge is -2.11. The summed E-state index contributed by atoms with van der Waals surface area (Å²) in [5.74, 6) is -10.8. The monoisotopic (exact) mass is 349 g/mol. The lowest BCUT2D eigenvalue weighted by Crippen LogP contribution is -2.31. The first-order valence-corrected chi connectivity index (χ1v) is 6.72. The molecule has 10 heteroatoms. The number of anilines is 1. The summed E-state index contributed by atoms with van der Waals surface area (Å²) in [6, 6.07) is 0. The Kier molecular flexibility index (Phi) is 5.05. The maximum absolute atomic E-state index is 13.4. The third-order valence-electron chi connectivity index (χ3n) is 3.32. The van der Waals surface area contributed by atoms with Crippen molar-refractivity contribution in [2.24, 2.45) is 0 Å². The van der Waals surface area contributed by atoms with E-state index in [1.54, 1.807) is 19.3 Å². The summed E-state index contributed by atoms with van der Waals surface area (Å²) in [5, 5.41) is 3.70. The first-order valence-electron chi connectivity index (χ1n) is 6.72. The minimum atomic E-state index is -2.28. The normalized spacial score (nSPS) is 10.8. The Hall–Kier alpha value is -2.65. The molecule has 0 aliphatic heterocycles. The fourth-order valence-electron chi connectivity index (χ4n) is 2.01. The van der Waals surface area contributed by atoms with Crippen LogP contribution < -0.4 is 10.9 Å². The first kappa shape index (κ1) is 17.7. The van der Waals surface area contributed by atoms with Crippen LogP contribution in [0.25, 0.3) is 0 Å². The van der Waals surface area contributed by atoms with Gasteiger partial charge in [-0.2, -0.15) is 0 Å². The van der Waals surface area contributed by atoms with E-state index in [0.29, 0.717) is 17.0 Å². The van der Waals surface area contributed by atoms with Gasteiger partial charge in [0.05, 0.1) is 5.69 Å². The van der Waals surface area contributed by atoms with Crippen LogP contribution in [0.15, 0.2) is 4.52 Å². The number of hydrogen-bond donors (Lipinski definition) is 2. The summed E-state index contributed by atoms with van der Waals surface area (Å²) in [6.45, 7) is 3.33. The number of benzene rings is 1. The second kappa shape index (κ2) is 6.85. The van der Waals surface area contributed by atoms with Gasteiger partial charge in [-0.15, -0.1) is 0 Å². The molecule has 2 aromatic rings. The largest absolute Gasteiger partial charge is 0.361 e. The highest BCUT2D eigenvalue weighted by atomic mass is 19.2. The third kappa shape index (κ3) is 3.31. The van der Waals surface area contributed by atoms with E-state index in [1.165, 1.54) is 0 Å². The molecule has 5 nitrogen and oxygen atoms in total. The van der Waals surface area contributed by atoms with Crippen LogP contribution in [0, 0.1) is 42.9 Å². The number of hydrazine groups is 1. The van der Waals surface area contributed by atoms with Crippen molar-refractivity contribution in [2.75, 3.05) is 5.43 Å². The highest BCUT2D eigenvalue weighted by Crippen LogP contribution is 2.26. The van der Waals surface area contributed by atoms with Crippen LogP contribution in [0.5, 0.6) is 0 Å². The number of halogens is 5. The Labute approximate surface area is 132 Å². The van der Waals surface area contributed by atoms with Crippen LogP contribution in [-0.2, 0) is 11.2 Å². The number of rotatable bonds is 5. The lowest BCUT2D eigenvalue weighted by atomic mass is 10.1. The summed E-state index contributed by atoms with van der Waals surface area (Å²) >= 11 is 0. The molecule has 0 saturated carbocycles. The number of aromatic nitrogens is 1. The van der Waals surface area contributed by atoms with Gasteiger partial charge >= 0.3 is 0 Å². The number of nitrogens with one attached hydrogen (secondary N) is 2. The van der Waals surface area contributed by atoms with Gasteiger partial charge in [-0.25, -0.2) is 22.0 Å². The fourth-order valence-corrected chi connectivity index (χ4v) is 2.01. The van der Waals surface area contributed by atoms with E-state index >= 15 is 0 Å². The Balaban J connectivity index is 2.02. The topological polar surface area (TPSA) is 67.2 Å². The third-order valence-corrected chi connectivity index (χ3v) is 3.32. The van der Waals surface area contributed by atoms with Crippen molar-refractivity contribution in [1.29, 1.82) is 0 Å². The van der Waals surface area contributed by atoms with Gasteiger partial charge in [-0.05, 0) is 20.3 Å². The van der Waals surface area contributed by atoms with Crippen molar-refractivity contribution in [3.63, 3.8) is 0 Å². The molecule has 2 N–H and O–H groups in total. The van der Waals surface area contributed by atoms with Gasteiger partial charge in [0.1, 0.15) is 11.4 Å². The van der Waals surface area contributed by atoms with Crippen molar-refractivity contribution < 1.29 is 31.3 Å². The van der Waals surface area contributed by atoms with Gasteiger partial charge in [-0.1, -0.05) is 5.16 Å². The second-order valence-corrected chi connectivity index (χ2v) is 4.92. The molecule has 0 aliphatic carbocycles. The molecule has 24 heavy (non-hydrogen) atoms. The summed E-state index contributed by atoms with van der Waals surface area (Å²) in [4.78, 5) is 11.7. The molecule has 1 amide bonds. The van der Waals surface area contributed by atoms with E-state index in [9.17, 15) is 26.7 Å². The molecular formula is C14H12F5N3O2. The Bertz CT molecular complexity index is 743. The maximum atomic E-state index is 13.4. The molecule has 130 valence electrons. The molecule has 1 aromatic heterocycles. The van der Waals surface area contributed by atoms with Gasteiger partial charge in [-0.3, -0.25) is 15.6 Å². The minimum Gasteiger partial charge on any atom is -0.361 e. The van der Waals surface area contributed by atoms with E-state index in [4.69, 9.17) is 4.52 Å². The zero-order valence-corrected chi connectivity index (χ0v) is 12.6. The molecule has 0 fully saturated rings. The molecule has 0 unspecified atom stereocenters. The molecule has 0 atom stereocenters. The van der Waals surface area contributed by atoms with E-state index in [-0.39, 0.29) is 12.8 Å². The summed E-state index contributed by atoms with van der Waals surface area (Å²) in [6.07, 6.45) is 0.108. The van der Waals surface area contributed by atoms with Gasteiger partial charge in [0.25, 0.3) is 0 Å². The summed E-state index contributed by atoms with van der Waals surface area (Å²) < 4.78 is 70.7. The fraction of sp³-hybridized carbons (Fsp3) is 0.286. The van der Waals surface area contributed by atoms with Crippen LogP contribution in [-0.4, -0.2) is 11.1 Å². The van der Waals surface area contributed by atoms with Crippen molar-refractivity contribution >= 4 is 11.6 Å². The molecule has 0 bridgehead atoms. The first-order chi connectivity index (χ1) is 11.2. The van der Waals surface area contributed by atoms with Crippen molar-refractivity contribution in [3.05, 3.63) is 46.1 Å². The van der Waals surface area contributed by atoms with Crippen LogP contribution in [0.3, 0.4) is 0 Å². The number of hydrogen-bond acceptors (Lipinski definition) is 4. The minimum absolute atomic E-state index is 0.120. The summed E-state index contributed by atoms with van der Waals surface area (Å²) in [5.41, 5.74) is 3.54. The van der Waals surface area contributed by atoms with Crippen LogP contribution >= 0.6 is 0 Å². The van der Waals surface area contributed by atoms with Gasteiger partial charge in [0, 0.05) is 12.0 Å². The van der Waals surface area contributed by atoms with E-state index < -0.39 is 40.7 Å². The van der Waals surface area contributed by atoms with Gasteiger partial charge < -0.3 is 4.52 Å². The van der Waals surface area contributed by atoms with E-state index in [0.717, 1.165) is 0 Å². The van der Waals surface area contributed by atoms with Gasteiger partial charge in [0.15, 0.2) is 23.3 Å². The van der Waals surface area contributed by atoms with E-state index in [1.807, 2.05) is 5.43 Å². The predicted octanol–water partition coefficient (Wildman–Crippen LogP) is 3.06. The standard InChI is InChI=1S/C14H12F5N3O2/c1-5-7(6(2)24-22-5)3-4-8(23)20-21-14-12(18)10(16)9(15)11(17)13(14)19/h21H,3-4H2,1-2H3,(H,20,23). The molecular weight excluding hydrogens is 337 g/mol. The van der Waals surface area contributed by atoms with Crippen molar-refractivity contribution in [3.8, 4) is 0 Å². The van der Waals surface area contributed by atoms with Crippen molar-refractivity contribution in [1.82, 2.24) is 10.6 Å². The maximum Gasteiger partial charge on any atom is 0.238 e. The Morgan fingerprint density at radius 3 is 2.04 bits per heavy atom. The molecule has 0 radical (unpaired) electrons. The molecule has 0 aliphatic rings. The van der Waals surface area contributed by atoms with Crippen LogP contribution in [0.4, 0.5) is 27.6 Å². The molecule has 1 heterocycles. The quantitative estimate of drug-likeness (QED) is 0.377. The van der Waals surface area contributed by atoms with Crippen molar-refractivity contribution in [2.45, 2.75) is 26.7 Å². The summed E-state index contributed by atoms with van der Waals surface area (Å²) in [7, 11) is 0. The van der Waals surface area contributed by atoms with Crippen LogP contribution in [0.2, 0.25) is 0 Å². The number of amides is 1. The number of nitrogens with zero attached hydrogens (tertiary/aromatic N) is 1. The van der Waals surface area contributed by atoms with Gasteiger partial charge in [0.2, 0.25) is 11.7 Å². The smallest absolute Gasteiger partial charge is 0.238 e. The second-order valence-electron chi connectivity index (χ2n) is 4.92. The zero-order valence-electron chi connectivity index (χ0n) is 12.6. The lowest BCUT2D eigenvalue weighted by molar-refractivity contribution is -0.120. The highest BCUT2D eigenvalue weighted by molar-refractivity contribution is 5.77. The molecule has 2 rings (SSSR count). The Morgan fingerprint density at radius 1 is 1.00 bits per heavy atom. The Morgan fingerprint density at radius 2 is 1.54 bits per heavy atom. The molecule has 1 aromatic carbocycles. The molecule has 0 saturated heterocycles. The van der Waals surface area contributed by atoms with Crippen LogP contribution in [0.1, 0.15) is 23.4 Å². The average molecular weight is 349 g/mol. The predicted molar refractivity (Wildman–Crippen MR) is 72.3 cm³/mol. The van der Waals surface area contributed by atoms with E-state index in [2.05, 4.69) is 5.16 Å².